The SMILES string of the molecule is CCc1c(C)nn(-c2cc(C#N)ccc2C(C)=O)c1C. The molecule has 0 fully saturated rings. The van der Waals surface area contributed by atoms with E-state index in [4.69, 9.17) is 5.26 Å². The number of benzene rings is 1. The Labute approximate surface area is 118 Å². The maximum absolute atomic E-state index is 11.8. The molecule has 0 saturated carbocycles. The van der Waals surface area contributed by atoms with Gasteiger partial charge in [-0.05, 0) is 51.0 Å². The average Bonchev–Trinajstić information content (AvgIpc) is 2.72. The lowest BCUT2D eigenvalue weighted by molar-refractivity contribution is 0.101. The zero-order valence-corrected chi connectivity index (χ0v) is 12.2. The number of Topliss-reactive ketones (excluding diaryl/α,β-unsaturated/α-hetero) is 1. The van der Waals surface area contributed by atoms with Crippen molar-refractivity contribution in [1.82, 2.24) is 9.78 Å². The molecule has 0 bridgehead atoms. The van der Waals surface area contributed by atoms with E-state index in [1.165, 1.54) is 12.5 Å². The van der Waals surface area contributed by atoms with Gasteiger partial charge in [0.05, 0.1) is 23.0 Å². The molecule has 0 aliphatic rings. The van der Waals surface area contributed by atoms with Crippen LogP contribution >= 0.6 is 0 Å². The molecule has 4 heteroatoms. The van der Waals surface area contributed by atoms with E-state index in [1.54, 1.807) is 22.9 Å². The second kappa shape index (κ2) is 5.30. The third kappa shape index (κ3) is 2.23. The van der Waals surface area contributed by atoms with Crippen LogP contribution in [0.1, 0.15) is 46.7 Å². The van der Waals surface area contributed by atoms with E-state index in [9.17, 15) is 4.79 Å². The fraction of sp³-hybridized carbons (Fsp3) is 0.312. The number of aromatic nitrogens is 2. The minimum atomic E-state index is -0.0323. The molecule has 0 spiro atoms. The van der Waals surface area contributed by atoms with Crippen LogP contribution in [-0.2, 0) is 6.42 Å². The lowest BCUT2D eigenvalue weighted by atomic mass is 10.1. The first-order valence-electron chi connectivity index (χ1n) is 6.60. The Kier molecular flexibility index (Phi) is 3.71. The Hall–Kier alpha value is -2.41. The Balaban J connectivity index is 2.74. The molecule has 0 aliphatic heterocycles. The maximum Gasteiger partial charge on any atom is 0.161 e. The zero-order chi connectivity index (χ0) is 14.9. The lowest BCUT2D eigenvalue weighted by Gasteiger charge is -2.10. The van der Waals surface area contributed by atoms with Crippen molar-refractivity contribution < 1.29 is 4.79 Å². The topological polar surface area (TPSA) is 58.7 Å². The van der Waals surface area contributed by atoms with Crippen molar-refractivity contribution in [1.29, 1.82) is 5.26 Å². The molecule has 0 unspecified atom stereocenters. The van der Waals surface area contributed by atoms with Gasteiger partial charge in [-0.2, -0.15) is 10.4 Å². The maximum atomic E-state index is 11.8. The number of ketones is 1. The number of hydrogen-bond acceptors (Lipinski definition) is 3. The van der Waals surface area contributed by atoms with Gasteiger partial charge in [0.2, 0.25) is 0 Å². The van der Waals surface area contributed by atoms with E-state index in [1.807, 2.05) is 13.8 Å². The van der Waals surface area contributed by atoms with Crippen LogP contribution in [0.15, 0.2) is 18.2 Å². The summed E-state index contributed by atoms with van der Waals surface area (Å²) in [6.07, 6.45) is 0.894. The summed E-state index contributed by atoms with van der Waals surface area (Å²) >= 11 is 0. The molecule has 1 heterocycles. The van der Waals surface area contributed by atoms with Crippen molar-refractivity contribution in [2.45, 2.75) is 34.1 Å². The van der Waals surface area contributed by atoms with E-state index < -0.39 is 0 Å². The van der Waals surface area contributed by atoms with Gasteiger partial charge in [-0.3, -0.25) is 4.79 Å². The zero-order valence-electron chi connectivity index (χ0n) is 12.2. The first kappa shape index (κ1) is 14.0. The van der Waals surface area contributed by atoms with Crippen LogP contribution in [0.5, 0.6) is 0 Å². The third-order valence-corrected chi connectivity index (χ3v) is 3.53. The molecule has 0 amide bonds. The van der Waals surface area contributed by atoms with Crippen molar-refractivity contribution >= 4 is 5.78 Å². The van der Waals surface area contributed by atoms with Gasteiger partial charge in [-0.25, -0.2) is 4.68 Å². The average molecular weight is 267 g/mol. The smallest absolute Gasteiger partial charge is 0.161 e. The summed E-state index contributed by atoms with van der Waals surface area (Å²) in [7, 11) is 0. The molecule has 1 aromatic carbocycles. The third-order valence-electron chi connectivity index (χ3n) is 3.53. The standard InChI is InChI=1S/C16H17N3O/c1-5-14-10(2)18-19(11(14)3)16-8-13(9-17)6-7-15(16)12(4)20/h6-8H,5H2,1-4H3. The first-order chi connectivity index (χ1) is 9.49. The van der Waals surface area contributed by atoms with Gasteiger partial charge in [0.1, 0.15) is 0 Å². The number of aryl methyl sites for hydroxylation is 1. The number of carbonyl (C=O) groups is 1. The molecular weight excluding hydrogens is 250 g/mol. The first-order valence-corrected chi connectivity index (χ1v) is 6.60. The Morgan fingerprint density at radius 1 is 1.40 bits per heavy atom. The molecule has 0 radical (unpaired) electrons. The van der Waals surface area contributed by atoms with E-state index in [0.717, 1.165) is 17.8 Å². The summed E-state index contributed by atoms with van der Waals surface area (Å²) in [6.45, 7) is 7.56. The van der Waals surface area contributed by atoms with Gasteiger partial charge in [0.15, 0.2) is 5.78 Å². The molecule has 1 aromatic heterocycles. The fourth-order valence-electron chi connectivity index (χ4n) is 2.50. The van der Waals surface area contributed by atoms with E-state index in [0.29, 0.717) is 16.8 Å². The van der Waals surface area contributed by atoms with Crippen LogP contribution in [0.3, 0.4) is 0 Å². The van der Waals surface area contributed by atoms with Crippen LogP contribution in [0.2, 0.25) is 0 Å². The van der Waals surface area contributed by atoms with Gasteiger partial charge in [0.25, 0.3) is 0 Å². The quantitative estimate of drug-likeness (QED) is 0.803. The minimum Gasteiger partial charge on any atom is -0.294 e. The molecule has 102 valence electrons. The molecular formula is C16H17N3O. The van der Waals surface area contributed by atoms with Crippen LogP contribution < -0.4 is 0 Å². The summed E-state index contributed by atoms with van der Waals surface area (Å²) in [4.78, 5) is 11.8. The Morgan fingerprint density at radius 2 is 2.10 bits per heavy atom. The van der Waals surface area contributed by atoms with Crippen molar-refractivity contribution in [3.63, 3.8) is 0 Å². The highest BCUT2D eigenvalue weighted by molar-refractivity contribution is 5.97. The Bertz CT molecular complexity index is 720. The highest BCUT2D eigenvalue weighted by Crippen LogP contribution is 2.22. The predicted molar refractivity (Wildman–Crippen MR) is 77.1 cm³/mol. The second-order valence-electron chi connectivity index (χ2n) is 4.81. The number of nitrogens with zero attached hydrogens (tertiary/aromatic N) is 3. The largest absolute Gasteiger partial charge is 0.294 e. The van der Waals surface area contributed by atoms with Crippen LogP contribution in [0, 0.1) is 25.2 Å². The summed E-state index contributed by atoms with van der Waals surface area (Å²) in [5, 5.41) is 13.6. The van der Waals surface area contributed by atoms with Gasteiger partial charge < -0.3 is 0 Å². The predicted octanol–water partition coefficient (Wildman–Crippen LogP) is 3.13. The number of rotatable bonds is 3. The number of nitriles is 1. The summed E-state index contributed by atoms with van der Waals surface area (Å²) in [6, 6.07) is 7.18. The second-order valence-corrected chi connectivity index (χ2v) is 4.81. The molecule has 0 aliphatic carbocycles. The van der Waals surface area contributed by atoms with Gasteiger partial charge >= 0.3 is 0 Å². The van der Waals surface area contributed by atoms with E-state index in [2.05, 4.69) is 18.1 Å². The number of hydrogen-bond donors (Lipinski definition) is 0. The van der Waals surface area contributed by atoms with Crippen molar-refractivity contribution in [2.75, 3.05) is 0 Å². The normalized spacial score (nSPS) is 10.3. The van der Waals surface area contributed by atoms with Crippen LogP contribution in [0.25, 0.3) is 5.69 Å². The monoisotopic (exact) mass is 267 g/mol. The fourth-order valence-corrected chi connectivity index (χ4v) is 2.50. The molecule has 4 nitrogen and oxygen atoms in total. The van der Waals surface area contributed by atoms with Crippen molar-refractivity contribution in [3.8, 4) is 11.8 Å². The minimum absolute atomic E-state index is 0.0323. The summed E-state index contributed by atoms with van der Waals surface area (Å²) in [5.41, 5.74) is 4.94. The summed E-state index contributed by atoms with van der Waals surface area (Å²) < 4.78 is 1.77. The lowest BCUT2D eigenvalue weighted by Crippen LogP contribution is -2.07. The highest BCUT2D eigenvalue weighted by atomic mass is 16.1. The van der Waals surface area contributed by atoms with Gasteiger partial charge in [-0.15, -0.1) is 0 Å². The molecule has 0 atom stereocenters. The van der Waals surface area contributed by atoms with Crippen molar-refractivity contribution in [3.05, 3.63) is 46.3 Å². The van der Waals surface area contributed by atoms with Gasteiger partial charge in [0, 0.05) is 11.3 Å². The van der Waals surface area contributed by atoms with E-state index >= 15 is 0 Å². The van der Waals surface area contributed by atoms with Gasteiger partial charge in [-0.1, -0.05) is 6.92 Å². The Morgan fingerprint density at radius 3 is 2.60 bits per heavy atom. The molecule has 2 aromatic rings. The summed E-state index contributed by atoms with van der Waals surface area (Å²) in [5.74, 6) is -0.0323. The van der Waals surface area contributed by atoms with Crippen LogP contribution in [0.4, 0.5) is 0 Å². The molecule has 0 N–H and O–H groups in total. The molecule has 20 heavy (non-hydrogen) atoms. The van der Waals surface area contributed by atoms with Crippen LogP contribution in [-0.4, -0.2) is 15.6 Å². The number of carbonyl (C=O) groups excluding carboxylic acids is 1. The molecule has 0 saturated heterocycles. The highest BCUT2D eigenvalue weighted by Gasteiger charge is 2.16. The molecule has 2 rings (SSSR count). The van der Waals surface area contributed by atoms with Crippen molar-refractivity contribution in [2.24, 2.45) is 0 Å². The van der Waals surface area contributed by atoms with E-state index in [-0.39, 0.29) is 5.78 Å².